The highest BCUT2D eigenvalue weighted by molar-refractivity contribution is 6.30. The molecular weight excluding hydrogens is 217 g/mol. The van der Waals surface area contributed by atoms with Crippen LogP contribution in [0.1, 0.15) is 25.0 Å². The van der Waals surface area contributed by atoms with Crippen LogP contribution in [0, 0.1) is 0 Å². The number of rotatable bonds is 0. The van der Waals surface area contributed by atoms with E-state index in [1.165, 1.54) is 11.1 Å². The molecule has 2 rings (SSSR count). The lowest BCUT2D eigenvalue weighted by atomic mass is 9.83. The molecule has 0 saturated carbocycles. The van der Waals surface area contributed by atoms with E-state index in [-0.39, 0.29) is 23.9 Å². The molecule has 3 heteroatoms. The highest BCUT2D eigenvalue weighted by atomic mass is 35.5. The molecule has 0 heterocycles. The second-order valence-corrected chi connectivity index (χ2v) is 4.77. The van der Waals surface area contributed by atoms with Crippen LogP contribution in [0.3, 0.4) is 0 Å². The van der Waals surface area contributed by atoms with Crippen molar-refractivity contribution in [3.05, 3.63) is 34.3 Å². The third-order valence-corrected chi connectivity index (χ3v) is 3.36. The van der Waals surface area contributed by atoms with Crippen molar-refractivity contribution in [3.8, 4) is 0 Å². The van der Waals surface area contributed by atoms with Gasteiger partial charge in [-0.15, -0.1) is 12.4 Å². The molecule has 78 valence electrons. The molecule has 1 atom stereocenters. The van der Waals surface area contributed by atoms with E-state index in [2.05, 4.69) is 19.9 Å². The average Bonchev–Trinajstić information content (AvgIpc) is 2.23. The van der Waals surface area contributed by atoms with Crippen LogP contribution in [0.4, 0.5) is 0 Å². The first-order valence-electron chi connectivity index (χ1n) is 4.56. The molecule has 14 heavy (non-hydrogen) atoms. The Labute approximate surface area is 96.0 Å². The van der Waals surface area contributed by atoms with Crippen LogP contribution >= 0.6 is 24.0 Å². The van der Waals surface area contributed by atoms with Crippen molar-refractivity contribution >= 4 is 24.0 Å². The van der Waals surface area contributed by atoms with Crippen molar-refractivity contribution in [2.45, 2.75) is 31.7 Å². The summed E-state index contributed by atoms with van der Waals surface area (Å²) in [5.41, 5.74) is 8.83. The van der Waals surface area contributed by atoms with Gasteiger partial charge in [0.25, 0.3) is 0 Å². The first kappa shape index (κ1) is 11.8. The van der Waals surface area contributed by atoms with E-state index in [1.807, 2.05) is 12.1 Å². The molecular formula is C11H15Cl2N. The Morgan fingerprint density at radius 2 is 2.07 bits per heavy atom. The number of benzene rings is 1. The Hall–Kier alpha value is -0.240. The summed E-state index contributed by atoms with van der Waals surface area (Å²) in [7, 11) is 0. The molecule has 2 N–H and O–H groups in total. The summed E-state index contributed by atoms with van der Waals surface area (Å²) < 4.78 is 0. The van der Waals surface area contributed by atoms with Gasteiger partial charge in [-0.2, -0.15) is 0 Å². The second kappa shape index (κ2) is 3.73. The molecule has 1 aliphatic carbocycles. The number of nitrogens with two attached hydrogens (primary N) is 1. The van der Waals surface area contributed by atoms with Gasteiger partial charge in [0.2, 0.25) is 0 Å². The first-order chi connectivity index (χ1) is 6.01. The molecule has 0 saturated heterocycles. The van der Waals surface area contributed by atoms with Crippen molar-refractivity contribution in [2.75, 3.05) is 0 Å². The van der Waals surface area contributed by atoms with Gasteiger partial charge in [-0.3, -0.25) is 0 Å². The Balaban J connectivity index is 0.000000980. The Morgan fingerprint density at radius 3 is 2.71 bits per heavy atom. The molecule has 1 aliphatic rings. The fourth-order valence-electron chi connectivity index (χ4n) is 2.05. The maximum absolute atomic E-state index is 6.07. The normalized spacial score (nSPS) is 22.7. The molecule has 0 fully saturated rings. The van der Waals surface area contributed by atoms with Gasteiger partial charge >= 0.3 is 0 Å². The summed E-state index contributed by atoms with van der Waals surface area (Å²) >= 11 is 5.92. The second-order valence-electron chi connectivity index (χ2n) is 4.33. The van der Waals surface area contributed by atoms with Crippen LogP contribution in [-0.2, 0) is 11.8 Å². The third-order valence-electron chi connectivity index (χ3n) is 3.13. The SMILES string of the molecule is CC1(C)c2ccc(Cl)cc2CC1N.Cl. The van der Waals surface area contributed by atoms with Gasteiger partial charge < -0.3 is 5.73 Å². The minimum Gasteiger partial charge on any atom is -0.327 e. The van der Waals surface area contributed by atoms with E-state index in [0.717, 1.165) is 11.4 Å². The van der Waals surface area contributed by atoms with Crippen LogP contribution in [0.2, 0.25) is 5.02 Å². The van der Waals surface area contributed by atoms with Crippen LogP contribution in [-0.4, -0.2) is 6.04 Å². The predicted octanol–water partition coefficient (Wildman–Crippen LogP) is 2.92. The van der Waals surface area contributed by atoms with Gasteiger partial charge in [0, 0.05) is 16.5 Å². The molecule has 0 bridgehead atoms. The van der Waals surface area contributed by atoms with Crippen molar-refractivity contribution in [2.24, 2.45) is 5.73 Å². The van der Waals surface area contributed by atoms with Crippen molar-refractivity contribution in [3.63, 3.8) is 0 Å². The maximum Gasteiger partial charge on any atom is 0.0408 e. The van der Waals surface area contributed by atoms with Crippen molar-refractivity contribution in [1.29, 1.82) is 0 Å². The van der Waals surface area contributed by atoms with E-state index in [9.17, 15) is 0 Å². The van der Waals surface area contributed by atoms with E-state index in [4.69, 9.17) is 17.3 Å². The molecule has 1 aromatic carbocycles. The van der Waals surface area contributed by atoms with Gasteiger partial charge in [0.15, 0.2) is 0 Å². The summed E-state index contributed by atoms with van der Waals surface area (Å²) in [6, 6.07) is 6.30. The molecule has 1 aromatic rings. The summed E-state index contributed by atoms with van der Waals surface area (Å²) in [5, 5.41) is 0.809. The molecule has 0 aromatic heterocycles. The smallest absolute Gasteiger partial charge is 0.0408 e. The summed E-state index contributed by atoms with van der Waals surface area (Å²) in [6.45, 7) is 4.38. The maximum atomic E-state index is 6.07. The van der Waals surface area contributed by atoms with E-state index in [0.29, 0.717) is 0 Å². The topological polar surface area (TPSA) is 26.0 Å². The van der Waals surface area contributed by atoms with Crippen molar-refractivity contribution in [1.82, 2.24) is 0 Å². The fourth-order valence-corrected chi connectivity index (χ4v) is 2.25. The van der Waals surface area contributed by atoms with E-state index in [1.54, 1.807) is 0 Å². The molecule has 1 nitrogen and oxygen atoms in total. The third kappa shape index (κ3) is 1.65. The average molecular weight is 232 g/mol. The predicted molar refractivity (Wildman–Crippen MR) is 63.4 cm³/mol. The van der Waals surface area contributed by atoms with E-state index < -0.39 is 0 Å². The Bertz CT molecular complexity index is 347. The quantitative estimate of drug-likeness (QED) is 0.731. The summed E-state index contributed by atoms with van der Waals surface area (Å²) in [6.07, 6.45) is 0.947. The zero-order chi connectivity index (χ0) is 9.64. The lowest BCUT2D eigenvalue weighted by Gasteiger charge is -2.24. The van der Waals surface area contributed by atoms with Crippen LogP contribution in [0.5, 0.6) is 0 Å². The lowest BCUT2D eigenvalue weighted by Crippen LogP contribution is -2.36. The summed E-state index contributed by atoms with van der Waals surface area (Å²) in [5.74, 6) is 0. The van der Waals surface area contributed by atoms with Crippen molar-refractivity contribution < 1.29 is 0 Å². The van der Waals surface area contributed by atoms with E-state index >= 15 is 0 Å². The first-order valence-corrected chi connectivity index (χ1v) is 4.94. The Morgan fingerprint density at radius 1 is 1.43 bits per heavy atom. The molecule has 1 unspecified atom stereocenters. The number of hydrogen-bond donors (Lipinski definition) is 1. The molecule has 0 radical (unpaired) electrons. The van der Waals surface area contributed by atoms with Gasteiger partial charge in [-0.25, -0.2) is 0 Å². The molecule has 0 aliphatic heterocycles. The lowest BCUT2D eigenvalue weighted by molar-refractivity contribution is 0.445. The Kier molecular flexibility index (Phi) is 3.15. The van der Waals surface area contributed by atoms with Crippen LogP contribution in [0.25, 0.3) is 0 Å². The highest BCUT2D eigenvalue weighted by Gasteiger charge is 2.36. The minimum absolute atomic E-state index is 0. The zero-order valence-electron chi connectivity index (χ0n) is 8.38. The molecule has 0 amide bonds. The number of hydrogen-bond acceptors (Lipinski definition) is 1. The van der Waals surface area contributed by atoms with Crippen LogP contribution < -0.4 is 5.73 Å². The minimum atomic E-state index is 0. The zero-order valence-corrected chi connectivity index (χ0v) is 9.95. The largest absolute Gasteiger partial charge is 0.327 e. The number of fused-ring (bicyclic) bond motifs is 1. The van der Waals surface area contributed by atoms with Crippen LogP contribution in [0.15, 0.2) is 18.2 Å². The van der Waals surface area contributed by atoms with Gasteiger partial charge in [0.05, 0.1) is 0 Å². The fraction of sp³-hybridized carbons (Fsp3) is 0.455. The standard InChI is InChI=1S/C11H14ClN.ClH/c1-11(2)9-4-3-8(12)5-7(9)6-10(11)13;/h3-5,10H,6,13H2,1-2H3;1H. The van der Waals surface area contributed by atoms with Gasteiger partial charge in [0.1, 0.15) is 0 Å². The number of halogens is 2. The highest BCUT2D eigenvalue weighted by Crippen LogP contribution is 2.38. The van der Waals surface area contributed by atoms with Gasteiger partial charge in [-0.1, -0.05) is 31.5 Å². The monoisotopic (exact) mass is 231 g/mol. The molecule has 0 spiro atoms. The summed E-state index contributed by atoms with van der Waals surface area (Å²) in [4.78, 5) is 0. The van der Waals surface area contributed by atoms with Gasteiger partial charge in [-0.05, 0) is 29.7 Å².